The van der Waals surface area contributed by atoms with Crippen LogP contribution in [0.1, 0.15) is 37.0 Å². The fourth-order valence-corrected chi connectivity index (χ4v) is 3.01. The molecule has 1 aromatic rings. The Balaban J connectivity index is 3.15. The molecule has 5 nitrogen and oxygen atoms in total. The van der Waals surface area contributed by atoms with Gasteiger partial charge < -0.3 is 10.6 Å². The van der Waals surface area contributed by atoms with Crippen LogP contribution in [0.4, 0.5) is 0 Å². The first-order valence-corrected chi connectivity index (χ1v) is 9.05. The molecule has 0 spiro atoms. The van der Waals surface area contributed by atoms with E-state index >= 15 is 0 Å². The Morgan fingerprint density at radius 2 is 1.90 bits per heavy atom. The van der Waals surface area contributed by atoms with Crippen molar-refractivity contribution in [3.8, 4) is 0 Å². The zero-order valence-electron chi connectivity index (χ0n) is 12.9. The lowest BCUT2D eigenvalue weighted by molar-refractivity contribution is 0.0674. The van der Waals surface area contributed by atoms with Crippen LogP contribution in [-0.4, -0.2) is 44.6 Å². The van der Waals surface area contributed by atoms with Crippen molar-refractivity contribution in [1.29, 1.82) is 0 Å². The van der Waals surface area contributed by atoms with Crippen LogP contribution in [0.15, 0.2) is 29.2 Å². The molecule has 0 atom stereocenters. The van der Waals surface area contributed by atoms with Crippen LogP contribution in [0.25, 0.3) is 0 Å². The molecule has 0 fully saturated rings. The number of amides is 1. The molecule has 1 rings (SSSR count). The first-order chi connectivity index (χ1) is 9.85. The Hall–Kier alpha value is -1.40. The second kappa shape index (κ2) is 7.56. The van der Waals surface area contributed by atoms with Gasteiger partial charge in [0.15, 0.2) is 9.84 Å². The predicted molar refractivity (Wildman–Crippen MR) is 84.0 cm³/mol. The lowest BCUT2D eigenvalue weighted by Gasteiger charge is -2.30. The van der Waals surface area contributed by atoms with Crippen molar-refractivity contribution in [3.63, 3.8) is 0 Å². The van der Waals surface area contributed by atoms with Gasteiger partial charge in [-0.25, -0.2) is 8.42 Å². The highest BCUT2D eigenvalue weighted by Crippen LogP contribution is 2.16. The van der Waals surface area contributed by atoms with Crippen molar-refractivity contribution < 1.29 is 13.2 Å². The molecule has 118 valence electrons. The lowest BCUT2D eigenvalue weighted by Crippen LogP contribution is -2.42. The maximum atomic E-state index is 12.6. The van der Waals surface area contributed by atoms with Crippen molar-refractivity contribution in [2.75, 3.05) is 19.3 Å². The first kappa shape index (κ1) is 17.7. The van der Waals surface area contributed by atoms with Gasteiger partial charge in [0.25, 0.3) is 5.91 Å². The van der Waals surface area contributed by atoms with Gasteiger partial charge in [-0.3, -0.25) is 4.79 Å². The highest BCUT2D eigenvalue weighted by Gasteiger charge is 2.22. The van der Waals surface area contributed by atoms with Crippen LogP contribution in [-0.2, 0) is 9.84 Å². The SMILES string of the molecule is CCC(CC)N(CCN)C(=O)c1cccc(S(C)(=O)=O)c1. The van der Waals surface area contributed by atoms with Crippen molar-refractivity contribution in [2.45, 2.75) is 37.6 Å². The number of benzene rings is 1. The Morgan fingerprint density at radius 1 is 1.29 bits per heavy atom. The number of hydrogen-bond donors (Lipinski definition) is 1. The zero-order chi connectivity index (χ0) is 16.0. The fourth-order valence-electron chi connectivity index (χ4n) is 2.34. The molecule has 1 amide bonds. The monoisotopic (exact) mass is 312 g/mol. The molecule has 6 heteroatoms. The number of nitrogens with two attached hydrogens (primary N) is 1. The average Bonchev–Trinajstić information content (AvgIpc) is 2.46. The molecule has 0 aromatic heterocycles. The fraction of sp³-hybridized carbons (Fsp3) is 0.533. The maximum Gasteiger partial charge on any atom is 0.254 e. The molecule has 21 heavy (non-hydrogen) atoms. The highest BCUT2D eigenvalue weighted by atomic mass is 32.2. The second-order valence-electron chi connectivity index (χ2n) is 5.06. The van der Waals surface area contributed by atoms with Crippen LogP contribution in [0.3, 0.4) is 0 Å². The molecule has 0 saturated carbocycles. The van der Waals surface area contributed by atoms with Crippen molar-refractivity contribution in [2.24, 2.45) is 5.73 Å². The molecule has 0 aliphatic rings. The molecule has 0 heterocycles. The van der Waals surface area contributed by atoms with Gasteiger partial charge in [-0.15, -0.1) is 0 Å². The third kappa shape index (κ3) is 4.54. The quantitative estimate of drug-likeness (QED) is 0.830. The van der Waals surface area contributed by atoms with Crippen molar-refractivity contribution in [1.82, 2.24) is 4.90 Å². The lowest BCUT2D eigenvalue weighted by atomic mass is 10.1. The third-order valence-corrected chi connectivity index (χ3v) is 4.63. The molecule has 0 aliphatic heterocycles. The Labute approximate surface area is 127 Å². The van der Waals surface area contributed by atoms with Gasteiger partial charge in [-0.1, -0.05) is 19.9 Å². The molecular formula is C15H24N2O3S. The molecule has 0 aliphatic carbocycles. The van der Waals surface area contributed by atoms with E-state index in [1.54, 1.807) is 17.0 Å². The molecule has 0 bridgehead atoms. The summed E-state index contributed by atoms with van der Waals surface area (Å²) in [5.41, 5.74) is 5.99. The molecule has 0 unspecified atom stereocenters. The summed E-state index contributed by atoms with van der Waals surface area (Å²) in [6, 6.07) is 6.28. The highest BCUT2D eigenvalue weighted by molar-refractivity contribution is 7.90. The minimum Gasteiger partial charge on any atom is -0.334 e. The van der Waals surface area contributed by atoms with Crippen molar-refractivity contribution >= 4 is 15.7 Å². The number of hydrogen-bond acceptors (Lipinski definition) is 4. The van der Waals surface area contributed by atoms with Crippen LogP contribution in [0, 0.1) is 0 Å². The van der Waals surface area contributed by atoms with E-state index in [4.69, 9.17) is 5.73 Å². The number of sulfone groups is 1. The smallest absolute Gasteiger partial charge is 0.254 e. The van der Waals surface area contributed by atoms with Gasteiger partial charge in [-0.2, -0.15) is 0 Å². The molecule has 0 saturated heterocycles. The van der Waals surface area contributed by atoms with E-state index in [2.05, 4.69) is 0 Å². The minimum atomic E-state index is -3.32. The number of carbonyl (C=O) groups is 1. The van der Waals surface area contributed by atoms with Gasteiger partial charge in [-0.05, 0) is 31.0 Å². The summed E-state index contributed by atoms with van der Waals surface area (Å²) in [6.45, 7) is 4.90. The normalized spacial score (nSPS) is 11.7. The first-order valence-electron chi connectivity index (χ1n) is 7.16. The van der Waals surface area contributed by atoms with Crippen LogP contribution >= 0.6 is 0 Å². The van der Waals surface area contributed by atoms with Gasteiger partial charge >= 0.3 is 0 Å². The van der Waals surface area contributed by atoms with E-state index in [9.17, 15) is 13.2 Å². The van der Waals surface area contributed by atoms with Gasteiger partial charge in [0.2, 0.25) is 0 Å². The minimum absolute atomic E-state index is 0.114. The zero-order valence-corrected chi connectivity index (χ0v) is 13.7. The number of rotatable bonds is 7. The van der Waals surface area contributed by atoms with Crippen LogP contribution < -0.4 is 5.73 Å². The van der Waals surface area contributed by atoms with Crippen LogP contribution in [0.2, 0.25) is 0 Å². The topological polar surface area (TPSA) is 80.5 Å². The van der Waals surface area contributed by atoms with E-state index < -0.39 is 9.84 Å². The summed E-state index contributed by atoms with van der Waals surface area (Å²) in [5.74, 6) is -0.167. The van der Waals surface area contributed by atoms with Gasteiger partial charge in [0.1, 0.15) is 0 Å². The Kier molecular flexibility index (Phi) is 6.36. The van der Waals surface area contributed by atoms with E-state index in [1.807, 2.05) is 13.8 Å². The summed E-state index contributed by atoms with van der Waals surface area (Å²) in [6.07, 6.45) is 2.82. The molecule has 2 N–H and O–H groups in total. The second-order valence-corrected chi connectivity index (χ2v) is 7.07. The van der Waals surface area contributed by atoms with Crippen molar-refractivity contribution in [3.05, 3.63) is 29.8 Å². The summed E-state index contributed by atoms with van der Waals surface area (Å²) in [5, 5.41) is 0. The average molecular weight is 312 g/mol. The van der Waals surface area contributed by atoms with Gasteiger partial charge in [0.05, 0.1) is 4.90 Å². The number of nitrogens with zero attached hydrogens (tertiary/aromatic N) is 1. The molecule has 1 aromatic carbocycles. The standard InChI is InChI=1S/C15H24N2O3S/c1-4-13(5-2)17(10-9-16)15(18)12-7-6-8-14(11-12)21(3,19)20/h6-8,11,13H,4-5,9-10,16H2,1-3H3. The predicted octanol–water partition coefficient (Wildman–Crippen LogP) is 1.68. The Morgan fingerprint density at radius 3 is 2.38 bits per heavy atom. The summed E-state index contributed by atoms with van der Waals surface area (Å²) >= 11 is 0. The summed E-state index contributed by atoms with van der Waals surface area (Å²) < 4.78 is 23.2. The third-order valence-electron chi connectivity index (χ3n) is 3.52. The number of carbonyl (C=O) groups excluding carboxylic acids is 1. The van der Waals surface area contributed by atoms with E-state index in [0.29, 0.717) is 18.7 Å². The largest absolute Gasteiger partial charge is 0.334 e. The van der Waals surface area contributed by atoms with Crippen LogP contribution in [0.5, 0.6) is 0 Å². The maximum absolute atomic E-state index is 12.6. The van der Waals surface area contributed by atoms with E-state index in [0.717, 1.165) is 19.1 Å². The van der Waals surface area contributed by atoms with E-state index in [1.165, 1.54) is 12.1 Å². The summed E-state index contributed by atoms with van der Waals surface area (Å²) in [4.78, 5) is 14.5. The van der Waals surface area contributed by atoms with Gasteiger partial charge in [0, 0.05) is 31.0 Å². The van der Waals surface area contributed by atoms with E-state index in [-0.39, 0.29) is 16.8 Å². The Bertz CT molecular complexity index is 580. The molecular weight excluding hydrogens is 288 g/mol. The summed E-state index contributed by atoms with van der Waals surface area (Å²) in [7, 11) is -3.32. The molecule has 0 radical (unpaired) electrons.